The molecule has 2 aromatic rings. The summed E-state index contributed by atoms with van der Waals surface area (Å²) < 4.78 is 10.5. The molecule has 0 saturated heterocycles. The summed E-state index contributed by atoms with van der Waals surface area (Å²) in [6.45, 7) is 13.0. The zero-order chi connectivity index (χ0) is 30.6. The predicted molar refractivity (Wildman–Crippen MR) is 158 cm³/mol. The van der Waals surface area contributed by atoms with E-state index >= 15 is 0 Å². The molecule has 0 aromatic heterocycles. The molecule has 0 radical (unpaired) electrons. The highest BCUT2D eigenvalue weighted by Gasteiger charge is 2.43. The summed E-state index contributed by atoms with van der Waals surface area (Å²) in [6, 6.07) is 16.3. The second-order valence-electron chi connectivity index (χ2n) is 11.4. The third-order valence-corrected chi connectivity index (χ3v) is 6.58. The molecule has 2 atom stereocenters. The maximum absolute atomic E-state index is 14.5. The first-order valence-corrected chi connectivity index (χ1v) is 14.1. The van der Waals surface area contributed by atoms with Crippen molar-refractivity contribution < 1.29 is 28.7 Å². The van der Waals surface area contributed by atoms with Gasteiger partial charge in [-0.1, -0.05) is 67.6 Å². The van der Waals surface area contributed by atoms with Crippen molar-refractivity contribution in [2.75, 3.05) is 13.2 Å². The zero-order valence-corrected chi connectivity index (χ0v) is 25.4. The van der Waals surface area contributed by atoms with Gasteiger partial charge in [-0.05, 0) is 59.1 Å². The summed E-state index contributed by atoms with van der Waals surface area (Å²) in [5, 5.41) is 5.59. The molecule has 0 fully saturated rings. The highest BCUT2D eigenvalue weighted by Crippen LogP contribution is 2.32. The Morgan fingerprint density at radius 2 is 1.46 bits per heavy atom. The van der Waals surface area contributed by atoms with Crippen LogP contribution < -0.4 is 10.6 Å². The number of amides is 3. The van der Waals surface area contributed by atoms with E-state index in [9.17, 15) is 19.2 Å². The Morgan fingerprint density at radius 1 is 0.878 bits per heavy atom. The molecule has 0 spiro atoms. The standard InChI is InChI=1S/C32H45N3O6/c1-8-32(6,7)35(27(24-18-14-11-15-19-24)28(37)33-21-20-26(36)40-9-2)29(38)25(22-23-16-12-10-13-17-23)34-30(39)41-31(3,4)5/h10-19,25,27H,8-9,20-22H2,1-7H3,(H,33,37)(H,34,39). The van der Waals surface area contributed by atoms with Crippen LogP contribution in [0.3, 0.4) is 0 Å². The van der Waals surface area contributed by atoms with Crippen molar-refractivity contribution in [3.05, 3.63) is 71.8 Å². The number of benzene rings is 2. The third kappa shape index (κ3) is 10.6. The predicted octanol–water partition coefficient (Wildman–Crippen LogP) is 4.95. The highest BCUT2D eigenvalue weighted by molar-refractivity contribution is 5.93. The van der Waals surface area contributed by atoms with Gasteiger partial charge in [0.15, 0.2) is 0 Å². The fourth-order valence-electron chi connectivity index (χ4n) is 4.28. The molecular formula is C32H45N3O6. The molecule has 0 saturated carbocycles. The minimum absolute atomic E-state index is 0.00301. The van der Waals surface area contributed by atoms with Crippen molar-refractivity contribution in [3.63, 3.8) is 0 Å². The van der Waals surface area contributed by atoms with Gasteiger partial charge in [-0.15, -0.1) is 0 Å². The van der Waals surface area contributed by atoms with Crippen LogP contribution in [0.1, 0.15) is 78.5 Å². The normalized spacial score (nSPS) is 13.0. The second-order valence-corrected chi connectivity index (χ2v) is 11.4. The van der Waals surface area contributed by atoms with Gasteiger partial charge in [0, 0.05) is 18.5 Å². The number of nitrogens with zero attached hydrogens (tertiary/aromatic N) is 1. The number of esters is 1. The molecule has 0 bridgehead atoms. The SMILES string of the molecule is CCOC(=O)CCNC(=O)C(c1ccccc1)N(C(=O)C(Cc1ccccc1)NC(=O)OC(C)(C)C)C(C)(C)CC. The minimum Gasteiger partial charge on any atom is -0.466 e. The summed E-state index contributed by atoms with van der Waals surface area (Å²) in [6.07, 6.45) is 0.00332. The van der Waals surface area contributed by atoms with Gasteiger partial charge in [-0.25, -0.2) is 4.79 Å². The van der Waals surface area contributed by atoms with Crippen molar-refractivity contribution in [3.8, 4) is 0 Å². The van der Waals surface area contributed by atoms with Crippen molar-refractivity contribution in [2.45, 2.75) is 91.0 Å². The number of nitrogens with one attached hydrogen (secondary N) is 2. The summed E-state index contributed by atoms with van der Waals surface area (Å²) in [5.41, 5.74) is -0.114. The Morgan fingerprint density at radius 3 is 2.00 bits per heavy atom. The van der Waals surface area contributed by atoms with Crippen LogP contribution in [-0.4, -0.2) is 59.1 Å². The van der Waals surface area contributed by atoms with E-state index in [4.69, 9.17) is 9.47 Å². The maximum atomic E-state index is 14.5. The second kappa shape index (κ2) is 15.2. The highest BCUT2D eigenvalue weighted by atomic mass is 16.6. The minimum atomic E-state index is -1.03. The van der Waals surface area contributed by atoms with E-state index in [2.05, 4.69) is 10.6 Å². The average molecular weight is 568 g/mol. The molecule has 2 rings (SSSR count). The van der Waals surface area contributed by atoms with E-state index in [0.29, 0.717) is 12.0 Å². The van der Waals surface area contributed by atoms with Gasteiger partial charge in [0.25, 0.3) is 0 Å². The molecule has 2 unspecified atom stereocenters. The maximum Gasteiger partial charge on any atom is 0.408 e. The third-order valence-electron chi connectivity index (χ3n) is 6.58. The van der Waals surface area contributed by atoms with Crippen LogP contribution in [0.15, 0.2) is 60.7 Å². The lowest BCUT2D eigenvalue weighted by Gasteiger charge is -2.44. The van der Waals surface area contributed by atoms with Gasteiger partial charge in [-0.2, -0.15) is 0 Å². The van der Waals surface area contributed by atoms with Gasteiger partial charge >= 0.3 is 12.1 Å². The van der Waals surface area contributed by atoms with Crippen molar-refractivity contribution in [2.24, 2.45) is 0 Å². The molecule has 9 nitrogen and oxygen atoms in total. The quantitative estimate of drug-likeness (QED) is 0.331. The van der Waals surface area contributed by atoms with E-state index < -0.39 is 47.1 Å². The van der Waals surface area contributed by atoms with Crippen molar-refractivity contribution in [1.82, 2.24) is 15.5 Å². The molecule has 0 aliphatic carbocycles. The number of rotatable bonds is 13. The topological polar surface area (TPSA) is 114 Å². The van der Waals surface area contributed by atoms with E-state index in [0.717, 1.165) is 5.56 Å². The molecule has 9 heteroatoms. The van der Waals surface area contributed by atoms with Crippen LogP contribution in [-0.2, 0) is 30.3 Å². The van der Waals surface area contributed by atoms with E-state index in [1.54, 1.807) is 56.9 Å². The molecule has 0 aliphatic heterocycles. The van der Waals surface area contributed by atoms with Gasteiger partial charge < -0.3 is 25.0 Å². The van der Waals surface area contributed by atoms with Crippen LogP contribution in [0, 0.1) is 0 Å². The molecule has 0 heterocycles. The van der Waals surface area contributed by atoms with Gasteiger partial charge in [0.05, 0.1) is 13.0 Å². The molecule has 0 aliphatic rings. The van der Waals surface area contributed by atoms with E-state index in [1.807, 2.05) is 57.2 Å². The first kappa shape index (κ1) is 33.3. The summed E-state index contributed by atoms with van der Waals surface area (Å²) in [7, 11) is 0. The van der Waals surface area contributed by atoms with Crippen molar-refractivity contribution in [1.29, 1.82) is 0 Å². The van der Waals surface area contributed by atoms with Gasteiger partial charge in [0.2, 0.25) is 11.8 Å². The van der Waals surface area contributed by atoms with Crippen LogP contribution >= 0.6 is 0 Å². The monoisotopic (exact) mass is 567 g/mol. The van der Waals surface area contributed by atoms with Crippen molar-refractivity contribution >= 4 is 23.9 Å². The van der Waals surface area contributed by atoms with Crippen LogP contribution in [0.5, 0.6) is 0 Å². The Kier molecular flexibility index (Phi) is 12.4. The van der Waals surface area contributed by atoms with Crippen LogP contribution in [0.4, 0.5) is 4.79 Å². The lowest BCUT2D eigenvalue weighted by atomic mass is 9.91. The number of alkyl carbamates (subject to hydrolysis) is 1. The first-order chi connectivity index (χ1) is 19.3. The molecule has 2 aromatic carbocycles. The molecule has 224 valence electrons. The fraction of sp³-hybridized carbons (Fsp3) is 0.500. The number of carbonyl (C=O) groups is 4. The lowest BCUT2D eigenvalue weighted by molar-refractivity contribution is -0.149. The number of carbonyl (C=O) groups excluding carboxylic acids is 4. The van der Waals surface area contributed by atoms with Gasteiger partial charge in [-0.3, -0.25) is 14.4 Å². The largest absolute Gasteiger partial charge is 0.466 e. The number of hydrogen-bond donors (Lipinski definition) is 2. The molecular weight excluding hydrogens is 522 g/mol. The Labute approximate surface area is 244 Å². The molecule has 3 amide bonds. The smallest absolute Gasteiger partial charge is 0.408 e. The van der Waals surface area contributed by atoms with Gasteiger partial charge in [0.1, 0.15) is 17.7 Å². The van der Waals surface area contributed by atoms with Crippen LogP contribution in [0.2, 0.25) is 0 Å². The number of ether oxygens (including phenoxy) is 2. The first-order valence-electron chi connectivity index (χ1n) is 14.1. The summed E-state index contributed by atoms with van der Waals surface area (Å²) in [5.74, 6) is -1.29. The Hall–Kier alpha value is -3.88. The molecule has 41 heavy (non-hydrogen) atoms. The molecule has 2 N–H and O–H groups in total. The van der Waals surface area contributed by atoms with E-state index in [-0.39, 0.29) is 26.0 Å². The van der Waals surface area contributed by atoms with Crippen LogP contribution in [0.25, 0.3) is 0 Å². The fourth-order valence-corrected chi connectivity index (χ4v) is 4.28. The number of hydrogen-bond acceptors (Lipinski definition) is 6. The summed E-state index contributed by atoms with van der Waals surface area (Å²) in [4.78, 5) is 54.7. The zero-order valence-electron chi connectivity index (χ0n) is 25.4. The average Bonchev–Trinajstić information content (AvgIpc) is 2.91. The summed E-state index contributed by atoms with van der Waals surface area (Å²) >= 11 is 0. The van der Waals surface area contributed by atoms with E-state index in [1.165, 1.54) is 0 Å². The Balaban J connectivity index is 2.54. The Bertz CT molecular complexity index is 1150. The lowest BCUT2D eigenvalue weighted by Crippen LogP contribution is -2.60.